The zero-order valence-corrected chi connectivity index (χ0v) is 15.2. The van der Waals surface area contributed by atoms with Crippen LogP contribution in [0.15, 0.2) is 63.7 Å². The van der Waals surface area contributed by atoms with E-state index in [2.05, 4.69) is 15.5 Å². The van der Waals surface area contributed by atoms with E-state index in [9.17, 15) is 28.1 Å². The number of hydrogen-bond acceptors (Lipinski definition) is 8. The monoisotopic (exact) mass is 406 g/mol. The molecular weight excluding hydrogens is 392 g/mol. The number of para-hydroxylation sites is 1. The number of nitro benzene ring substituents is 1. The van der Waals surface area contributed by atoms with E-state index in [4.69, 9.17) is 4.55 Å². The van der Waals surface area contributed by atoms with Crippen LogP contribution in [0.25, 0.3) is 0 Å². The second-order valence-electron chi connectivity index (χ2n) is 5.47. The van der Waals surface area contributed by atoms with Gasteiger partial charge in [0.15, 0.2) is 11.5 Å². The van der Waals surface area contributed by atoms with Crippen LogP contribution in [0.1, 0.15) is 6.92 Å². The minimum absolute atomic E-state index is 0.392. The maximum absolute atomic E-state index is 12.2. The lowest BCUT2D eigenvalue weighted by Gasteiger charge is -2.09. The second-order valence-corrected chi connectivity index (χ2v) is 6.89. The Balaban J connectivity index is 2.33. The van der Waals surface area contributed by atoms with Crippen molar-refractivity contribution in [3.05, 3.63) is 58.6 Å². The molecule has 1 unspecified atom stereocenters. The number of rotatable bonds is 7. The average molecular weight is 406 g/mol. The van der Waals surface area contributed by atoms with E-state index < -0.39 is 49.0 Å². The molecule has 0 aliphatic rings. The summed E-state index contributed by atoms with van der Waals surface area (Å²) in [7, 11) is -4.66. The van der Waals surface area contributed by atoms with Gasteiger partial charge in [0.2, 0.25) is 6.04 Å². The highest BCUT2D eigenvalue weighted by atomic mass is 32.2. The summed E-state index contributed by atoms with van der Waals surface area (Å²) in [6, 6.07) is 9.07. The van der Waals surface area contributed by atoms with Gasteiger partial charge in [0.1, 0.15) is 4.90 Å². The molecule has 146 valence electrons. The topological polar surface area (TPSA) is 168 Å². The number of benzene rings is 2. The summed E-state index contributed by atoms with van der Waals surface area (Å²) >= 11 is 0. The Morgan fingerprint density at radius 1 is 1.18 bits per heavy atom. The molecule has 2 N–H and O–H groups in total. The first-order valence-corrected chi connectivity index (χ1v) is 9.06. The lowest BCUT2D eigenvalue weighted by molar-refractivity contribution is -0.384. The minimum Gasteiger partial charge on any atom is -0.324 e. The van der Waals surface area contributed by atoms with Crippen LogP contribution < -0.4 is 5.32 Å². The van der Waals surface area contributed by atoms with E-state index in [0.717, 1.165) is 19.1 Å². The Kier molecular flexibility index (Phi) is 6.28. The van der Waals surface area contributed by atoms with E-state index in [-0.39, 0.29) is 0 Å². The number of nitrogens with one attached hydrogen (secondary N) is 1. The number of azo groups is 1. The molecule has 0 aromatic heterocycles. The van der Waals surface area contributed by atoms with Crippen molar-refractivity contribution in [2.75, 3.05) is 5.32 Å². The van der Waals surface area contributed by atoms with Crippen molar-refractivity contribution in [1.82, 2.24) is 0 Å². The van der Waals surface area contributed by atoms with Crippen LogP contribution in [-0.4, -0.2) is 35.6 Å². The Morgan fingerprint density at radius 2 is 1.82 bits per heavy atom. The summed E-state index contributed by atoms with van der Waals surface area (Å²) in [4.78, 5) is 33.5. The predicted molar refractivity (Wildman–Crippen MR) is 97.0 cm³/mol. The first kappa shape index (κ1) is 20.8. The van der Waals surface area contributed by atoms with E-state index in [1.54, 1.807) is 30.3 Å². The fourth-order valence-electron chi connectivity index (χ4n) is 2.06. The van der Waals surface area contributed by atoms with Gasteiger partial charge in [0.05, 0.1) is 4.92 Å². The summed E-state index contributed by atoms with van der Waals surface area (Å²) in [5.74, 6) is -1.45. The molecule has 0 spiro atoms. The summed E-state index contributed by atoms with van der Waals surface area (Å²) < 4.78 is 31.2. The van der Waals surface area contributed by atoms with E-state index in [0.29, 0.717) is 11.8 Å². The molecule has 2 rings (SSSR count). The van der Waals surface area contributed by atoms with Crippen molar-refractivity contribution in [3.63, 3.8) is 0 Å². The molecule has 0 saturated carbocycles. The van der Waals surface area contributed by atoms with Crippen LogP contribution >= 0.6 is 0 Å². The molecule has 2 aromatic carbocycles. The summed E-state index contributed by atoms with van der Waals surface area (Å²) in [5.41, 5.74) is -0.752. The number of carbonyl (C=O) groups excluding carboxylic acids is 2. The van der Waals surface area contributed by atoms with Crippen molar-refractivity contribution in [3.8, 4) is 0 Å². The number of hydrogen-bond donors (Lipinski definition) is 2. The largest absolute Gasteiger partial charge is 0.324 e. The van der Waals surface area contributed by atoms with Gasteiger partial charge in [-0.15, -0.1) is 5.11 Å². The Labute approximate surface area is 159 Å². The Hall–Kier alpha value is -3.51. The fourth-order valence-corrected chi connectivity index (χ4v) is 2.57. The highest BCUT2D eigenvalue weighted by molar-refractivity contribution is 7.85. The van der Waals surface area contributed by atoms with Crippen molar-refractivity contribution < 1.29 is 27.5 Å². The zero-order valence-electron chi connectivity index (χ0n) is 14.3. The zero-order chi connectivity index (χ0) is 20.9. The highest BCUT2D eigenvalue weighted by Crippen LogP contribution is 2.30. The van der Waals surface area contributed by atoms with Gasteiger partial charge >= 0.3 is 0 Å². The predicted octanol–water partition coefficient (Wildman–Crippen LogP) is 2.52. The number of nitrogens with zero attached hydrogens (tertiary/aromatic N) is 3. The van der Waals surface area contributed by atoms with Crippen molar-refractivity contribution in [2.45, 2.75) is 17.9 Å². The molecule has 2 aromatic rings. The second kappa shape index (κ2) is 8.45. The molecule has 11 nitrogen and oxygen atoms in total. The normalized spacial score (nSPS) is 12.5. The van der Waals surface area contributed by atoms with Crippen LogP contribution in [0.5, 0.6) is 0 Å². The van der Waals surface area contributed by atoms with Gasteiger partial charge in [-0.3, -0.25) is 24.3 Å². The van der Waals surface area contributed by atoms with Crippen LogP contribution in [0.3, 0.4) is 0 Å². The lowest BCUT2D eigenvalue weighted by atomic mass is 10.2. The molecule has 0 aliphatic heterocycles. The standard InChI is InChI=1S/C16H14N4O7S/c1-10(21)15(16(22)17-11-5-3-2-4-6-11)19-18-13-8-7-12(28(25,26)27)9-14(13)20(23)24/h2-9,15H,1H3,(H,17,22)(H,25,26,27)/b19-18+. The highest BCUT2D eigenvalue weighted by Gasteiger charge is 2.25. The first-order chi connectivity index (χ1) is 13.1. The van der Waals surface area contributed by atoms with Crippen LogP contribution in [0.2, 0.25) is 0 Å². The van der Waals surface area contributed by atoms with Gasteiger partial charge in [-0.25, -0.2) is 0 Å². The van der Waals surface area contributed by atoms with Crippen molar-refractivity contribution in [1.29, 1.82) is 0 Å². The Bertz CT molecular complexity index is 1050. The molecular formula is C16H14N4O7S. The van der Waals surface area contributed by atoms with Gasteiger partial charge < -0.3 is 5.32 Å². The number of carbonyl (C=O) groups is 2. The lowest BCUT2D eigenvalue weighted by Crippen LogP contribution is -2.31. The van der Waals surface area contributed by atoms with E-state index in [1.807, 2.05) is 0 Å². The maximum Gasteiger partial charge on any atom is 0.298 e. The van der Waals surface area contributed by atoms with Crippen LogP contribution in [-0.2, 0) is 19.7 Å². The third-order valence-electron chi connectivity index (χ3n) is 3.40. The van der Waals surface area contributed by atoms with Crippen molar-refractivity contribution >= 4 is 38.9 Å². The van der Waals surface area contributed by atoms with Crippen molar-refractivity contribution in [2.24, 2.45) is 10.2 Å². The molecule has 0 bridgehead atoms. The molecule has 0 fully saturated rings. The Morgan fingerprint density at radius 3 is 2.36 bits per heavy atom. The van der Waals surface area contributed by atoms with Crippen LogP contribution in [0.4, 0.5) is 17.1 Å². The third-order valence-corrected chi connectivity index (χ3v) is 4.25. The van der Waals surface area contributed by atoms with Gasteiger partial charge in [0.25, 0.3) is 21.7 Å². The first-order valence-electron chi connectivity index (χ1n) is 7.62. The van der Waals surface area contributed by atoms with E-state index in [1.165, 1.54) is 0 Å². The number of Topliss-reactive ketones (excluding diaryl/α,β-unsaturated/α-hetero) is 1. The maximum atomic E-state index is 12.2. The summed E-state index contributed by atoms with van der Waals surface area (Å²) in [6.07, 6.45) is 0. The van der Waals surface area contributed by atoms with Gasteiger partial charge in [0, 0.05) is 11.8 Å². The quantitative estimate of drug-likeness (QED) is 0.234. The molecule has 0 saturated heterocycles. The molecule has 0 radical (unpaired) electrons. The fraction of sp³-hybridized carbons (Fsp3) is 0.125. The number of nitro groups is 1. The number of anilines is 1. The smallest absolute Gasteiger partial charge is 0.298 e. The van der Waals surface area contributed by atoms with Gasteiger partial charge in [-0.2, -0.15) is 13.5 Å². The molecule has 1 atom stereocenters. The summed E-state index contributed by atoms with van der Waals surface area (Å²) in [5, 5.41) is 20.7. The number of ketones is 1. The van der Waals surface area contributed by atoms with Crippen LogP contribution in [0, 0.1) is 10.1 Å². The molecule has 12 heteroatoms. The molecule has 1 amide bonds. The molecule has 28 heavy (non-hydrogen) atoms. The van der Waals surface area contributed by atoms with Gasteiger partial charge in [-0.1, -0.05) is 18.2 Å². The SMILES string of the molecule is CC(=O)C(/N=N/c1ccc(S(=O)(=O)O)cc1[N+](=O)[O-])C(=O)Nc1ccccc1. The van der Waals surface area contributed by atoms with Gasteiger partial charge in [-0.05, 0) is 31.2 Å². The third kappa shape index (κ3) is 5.25. The molecule has 0 aliphatic carbocycles. The molecule has 0 heterocycles. The summed E-state index contributed by atoms with van der Waals surface area (Å²) in [6.45, 7) is 1.10. The number of amides is 1. The van der Waals surface area contributed by atoms with E-state index >= 15 is 0 Å². The average Bonchev–Trinajstić information content (AvgIpc) is 2.61. The minimum atomic E-state index is -4.66.